The van der Waals surface area contributed by atoms with E-state index >= 15 is 0 Å². The van der Waals surface area contributed by atoms with Gasteiger partial charge in [-0.3, -0.25) is 25.0 Å². The van der Waals surface area contributed by atoms with Crippen LogP contribution in [-0.4, -0.2) is 101 Å². The number of carboxylic acid groups (broad SMARTS) is 1. The molecule has 14 heteroatoms. The van der Waals surface area contributed by atoms with Crippen molar-refractivity contribution < 1.29 is 27.9 Å². The summed E-state index contributed by atoms with van der Waals surface area (Å²) in [5, 5.41) is 26.0. The maximum Gasteiger partial charge on any atom is 0.490 e. The topological polar surface area (TPSA) is 127 Å². The monoisotopic (exact) mass is 530 g/mol. The van der Waals surface area contributed by atoms with E-state index in [1.165, 1.54) is 12.8 Å². The molecule has 4 aliphatic rings. The SMILES string of the molecule is CN1C(=O)C2CCCCC2N(C)C2NC(Nc3cnn(C4CCNCC4)c3)NCC21.O=C(O)C(F)(F)F. The zero-order valence-corrected chi connectivity index (χ0v) is 21.2. The number of alkyl halides is 3. The van der Waals surface area contributed by atoms with Gasteiger partial charge in [0.25, 0.3) is 0 Å². The Balaban J connectivity index is 0.000000405. The van der Waals surface area contributed by atoms with E-state index in [2.05, 4.69) is 49.2 Å². The largest absolute Gasteiger partial charge is 0.490 e. The average Bonchev–Trinajstić information content (AvgIpc) is 3.33. The van der Waals surface area contributed by atoms with Crippen molar-refractivity contribution in [2.24, 2.45) is 5.92 Å². The molecule has 208 valence electrons. The Labute approximate surface area is 214 Å². The number of aliphatic carboxylic acids is 1. The molecule has 3 saturated heterocycles. The van der Waals surface area contributed by atoms with Crippen LogP contribution in [0.4, 0.5) is 18.9 Å². The summed E-state index contributed by atoms with van der Waals surface area (Å²) < 4.78 is 33.8. The number of halogens is 3. The summed E-state index contributed by atoms with van der Waals surface area (Å²) in [6.07, 6.45) is 5.79. The van der Waals surface area contributed by atoms with Gasteiger partial charge in [0, 0.05) is 25.8 Å². The number of aromatic nitrogens is 2. The number of likely N-dealkylation sites (N-methyl/N-ethyl adjacent to an activating group) is 2. The number of hydrogen-bond donors (Lipinski definition) is 5. The number of nitrogens with zero attached hydrogens (tertiary/aromatic N) is 4. The van der Waals surface area contributed by atoms with Gasteiger partial charge >= 0.3 is 12.1 Å². The Hall–Kier alpha value is -2.42. The van der Waals surface area contributed by atoms with Gasteiger partial charge in [0.1, 0.15) is 6.29 Å². The van der Waals surface area contributed by atoms with E-state index in [1.54, 1.807) is 0 Å². The number of nitrogens with one attached hydrogen (secondary N) is 4. The molecule has 0 radical (unpaired) electrons. The van der Waals surface area contributed by atoms with Crippen LogP contribution in [0.5, 0.6) is 0 Å². The summed E-state index contributed by atoms with van der Waals surface area (Å²) in [4.78, 5) is 26.4. The van der Waals surface area contributed by atoms with Gasteiger partial charge in [-0.15, -0.1) is 0 Å². The third-order valence-corrected chi connectivity index (χ3v) is 7.92. The molecule has 11 nitrogen and oxygen atoms in total. The van der Waals surface area contributed by atoms with E-state index in [0.717, 1.165) is 51.0 Å². The quantitative estimate of drug-likeness (QED) is 0.389. The molecule has 1 amide bonds. The predicted molar refractivity (Wildman–Crippen MR) is 129 cm³/mol. The molecule has 1 aromatic heterocycles. The fourth-order valence-corrected chi connectivity index (χ4v) is 5.89. The minimum Gasteiger partial charge on any atom is -0.475 e. The summed E-state index contributed by atoms with van der Waals surface area (Å²) in [6, 6.07) is 0.940. The van der Waals surface area contributed by atoms with E-state index in [9.17, 15) is 18.0 Å². The average molecular weight is 531 g/mol. The summed E-state index contributed by atoms with van der Waals surface area (Å²) in [6.45, 7) is 2.88. The summed E-state index contributed by atoms with van der Waals surface area (Å²) >= 11 is 0. The third kappa shape index (κ3) is 6.36. The van der Waals surface area contributed by atoms with Crippen LogP contribution in [0, 0.1) is 5.92 Å². The summed E-state index contributed by atoms with van der Waals surface area (Å²) in [5.74, 6) is -2.31. The number of carboxylic acids is 1. The van der Waals surface area contributed by atoms with E-state index in [1.807, 2.05) is 18.1 Å². The highest BCUT2D eigenvalue weighted by Crippen LogP contribution is 2.34. The van der Waals surface area contributed by atoms with Crippen molar-refractivity contribution >= 4 is 17.6 Å². The Bertz CT molecular complexity index is 939. The number of carbonyl (C=O) groups excluding carboxylic acids is 1. The van der Waals surface area contributed by atoms with Crippen LogP contribution in [0.3, 0.4) is 0 Å². The lowest BCUT2D eigenvalue weighted by molar-refractivity contribution is -0.192. The van der Waals surface area contributed by atoms with Crippen molar-refractivity contribution in [2.75, 3.05) is 39.0 Å². The first-order valence-corrected chi connectivity index (χ1v) is 12.9. The van der Waals surface area contributed by atoms with Crippen molar-refractivity contribution in [3.05, 3.63) is 12.4 Å². The van der Waals surface area contributed by atoms with Crippen LogP contribution >= 0.6 is 0 Å². The molecule has 5 unspecified atom stereocenters. The molecule has 0 aromatic carbocycles. The standard InChI is InChI=1S/C21H36N8O.C2HF3O2/c1-27-17-6-4-3-5-16(17)20(30)28(2)18-12-23-21(26-19(18)27)25-14-11-24-29(13-14)15-7-9-22-10-8-15;3-2(4,5)1(6)7/h11,13,15-19,21-23,25-26H,3-10,12H2,1-2H3;(H,6,7). The van der Waals surface area contributed by atoms with Crippen molar-refractivity contribution in [1.29, 1.82) is 0 Å². The van der Waals surface area contributed by atoms with E-state index in [4.69, 9.17) is 9.90 Å². The molecule has 5 N–H and O–H groups in total. The van der Waals surface area contributed by atoms with Gasteiger partial charge in [-0.25, -0.2) is 4.79 Å². The molecule has 37 heavy (non-hydrogen) atoms. The van der Waals surface area contributed by atoms with Crippen LogP contribution < -0.4 is 21.3 Å². The molecule has 5 atom stereocenters. The highest BCUT2D eigenvalue weighted by atomic mass is 19.4. The van der Waals surface area contributed by atoms with Gasteiger partial charge < -0.3 is 20.6 Å². The minimum atomic E-state index is -5.08. The molecular weight excluding hydrogens is 493 g/mol. The van der Waals surface area contributed by atoms with E-state index < -0.39 is 12.1 Å². The van der Waals surface area contributed by atoms with Crippen LogP contribution in [0.25, 0.3) is 0 Å². The fourth-order valence-electron chi connectivity index (χ4n) is 5.89. The van der Waals surface area contributed by atoms with Crippen LogP contribution in [0.15, 0.2) is 12.4 Å². The Kier molecular flexibility index (Phi) is 8.61. The third-order valence-electron chi connectivity index (χ3n) is 7.92. The van der Waals surface area contributed by atoms with Crippen molar-refractivity contribution in [3.63, 3.8) is 0 Å². The number of rotatable bonds is 3. The maximum atomic E-state index is 13.1. The second kappa shape index (κ2) is 11.5. The summed E-state index contributed by atoms with van der Waals surface area (Å²) in [5.41, 5.74) is 1.02. The van der Waals surface area contributed by atoms with Gasteiger partial charge in [0.05, 0.1) is 36.1 Å². The van der Waals surface area contributed by atoms with Gasteiger partial charge in [0.2, 0.25) is 5.91 Å². The van der Waals surface area contributed by atoms with Gasteiger partial charge in [-0.1, -0.05) is 12.8 Å². The number of amides is 1. The lowest BCUT2D eigenvalue weighted by atomic mass is 9.83. The zero-order valence-electron chi connectivity index (χ0n) is 21.2. The number of hydrogen-bond acceptors (Lipinski definition) is 8. The van der Waals surface area contributed by atoms with Gasteiger partial charge in [0.15, 0.2) is 0 Å². The number of carbonyl (C=O) groups is 2. The second-order valence-corrected chi connectivity index (χ2v) is 10.2. The van der Waals surface area contributed by atoms with E-state index in [0.29, 0.717) is 18.0 Å². The minimum absolute atomic E-state index is 0.0528. The van der Waals surface area contributed by atoms with Crippen molar-refractivity contribution in [2.45, 2.75) is 75.3 Å². The Morgan fingerprint density at radius 1 is 1.14 bits per heavy atom. The van der Waals surface area contributed by atoms with E-state index in [-0.39, 0.29) is 24.4 Å². The number of anilines is 1. The molecule has 1 aromatic rings. The molecule has 4 fully saturated rings. The highest BCUT2D eigenvalue weighted by molar-refractivity contribution is 5.80. The van der Waals surface area contributed by atoms with Crippen LogP contribution in [-0.2, 0) is 9.59 Å². The highest BCUT2D eigenvalue weighted by Gasteiger charge is 2.47. The first kappa shape index (κ1) is 27.6. The Morgan fingerprint density at radius 2 is 1.81 bits per heavy atom. The first-order chi connectivity index (χ1) is 17.6. The van der Waals surface area contributed by atoms with Gasteiger partial charge in [-0.2, -0.15) is 18.3 Å². The van der Waals surface area contributed by atoms with Crippen LogP contribution in [0.1, 0.15) is 44.6 Å². The smallest absolute Gasteiger partial charge is 0.475 e. The lowest BCUT2D eigenvalue weighted by Crippen LogP contribution is -2.71. The molecule has 0 spiro atoms. The molecular formula is C23H37F3N8O3. The van der Waals surface area contributed by atoms with Gasteiger partial charge in [-0.05, 0) is 45.8 Å². The van der Waals surface area contributed by atoms with Crippen molar-refractivity contribution in [3.8, 4) is 0 Å². The van der Waals surface area contributed by atoms with Crippen molar-refractivity contribution in [1.82, 2.24) is 35.5 Å². The lowest BCUT2D eigenvalue weighted by Gasteiger charge is -2.45. The fraction of sp³-hybridized carbons (Fsp3) is 0.783. The molecule has 4 heterocycles. The summed E-state index contributed by atoms with van der Waals surface area (Å²) in [7, 11) is 4.17. The Morgan fingerprint density at radius 3 is 2.49 bits per heavy atom. The zero-order chi connectivity index (χ0) is 26.7. The molecule has 1 aliphatic carbocycles. The molecule has 0 bridgehead atoms. The second-order valence-electron chi connectivity index (χ2n) is 10.2. The maximum absolute atomic E-state index is 13.1. The molecule has 1 saturated carbocycles. The number of fused-ring (bicyclic) bond motifs is 2. The normalized spacial score (nSPS) is 31.4. The molecule has 5 rings (SSSR count). The first-order valence-electron chi connectivity index (χ1n) is 12.9. The number of piperidine rings is 1. The molecule has 3 aliphatic heterocycles. The predicted octanol–water partition coefficient (Wildman–Crippen LogP) is 0.987. The van der Waals surface area contributed by atoms with Crippen LogP contribution in [0.2, 0.25) is 0 Å².